The molecule has 1 aliphatic carbocycles. The van der Waals surface area contributed by atoms with Crippen molar-refractivity contribution in [3.63, 3.8) is 0 Å². The van der Waals surface area contributed by atoms with Gasteiger partial charge in [0, 0.05) is 18.7 Å². The van der Waals surface area contributed by atoms with Gasteiger partial charge >= 0.3 is 0 Å². The molecule has 5 heteroatoms. The molecule has 0 bridgehead atoms. The van der Waals surface area contributed by atoms with E-state index in [0.717, 1.165) is 16.8 Å². The summed E-state index contributed by atoms with van der Waals surface area (Å²) in [5.74, 6) is -0.628. The Morgan fingerprint density at radius 3 is 2.36 bits per heavy atom. The van der Waals surface area contributed by atoms with Crippen LogP contribution >= 0.6 is 0 Å². The topological polar surface area (TPSA) is 66.5 Å². The monoisotopic (exact) mass is 340 g/mol. The number of likely N-dealkylation sites (tertiary alicyclic amines) is 1. The molecule has 1 aromatic rings. The maximum Gasteiger partial charge on any atom is 0.233 e. The average Bonchev–Trinajstić information content (AvgIpc) is 2.83. The lowest BCUT2D eigenvalue weighted by molar-refractivity contribution is -0.140. The molecule has 1 heterocycles. The minimum Gasteiger partial charge on any atom is -0.326 e. The molecule has 3 amide bonds. The van der Waals surface area contributed by atoms with Gasteiger partial charge in [0.2, 0.25) is 17.7 Å². The zero-order chi connectivity index (χ0) is 18.0. The molecule has 5 nitrogen and oxygen atoms in total. The fourth-order valence-electron chi connectivity index (χ4n) is 3.65. The van der Waals surface area contributed by atoms with Crippen LogP contribution in [0.4, 0.5) is 5.69 Å². The van der Waals surface area contributed by atoms with E-state index in [1.165, 1.54) is 4.90 Å². The van der Waals surface area contributed by atoms with E-state index in [-0.39, 0.29) is 36.0 Å². The number of nitrogens with zero attached hydrogens (tertiary/aromatic N) is 1. The Bertz CT molecular complexity index is 712. The molecule has 0 aromatic heterocycles. The minimum atomic E-state index is -0.193. The van der Waals surface area contributed by atoms with E-state index in [4.69, 9.17) is 0 Å². The SMILES string of the molecule is Cc1ccc(NC(=O)CCCN2C(=O)[C@@H]3CC=CC[C@H]3C2=O)c(C)c1. The molecule has 0 saturated carbocycles. The molecule has 1 aliphatic heterocycles. The van der Waals surface area contributed by atoms with Crippen LogP contribution in [-0.2, 0) is 14.4 Å². The van der Waals surface area contributed by atoms with Crippen LogP contribution in [0.3, 0.4) is 0 Å². The van der Waals surface area contributed by atoms with Gasteiger partial charge in [-0.1, -0.05) is 29.8 Å². The smallest absolute Gasteiger partial charge is 0.233 e. The lowest BCUT2D eigenvalue weighted by atomic mass is 9.85. The predicted molar refractivity (Wildman–Crippen MR) is 95.9 cm³/mol. The average molecular weight is 340 g/mol. The zero-order valence-corrected chi connectivity index (χ0v) is 14.7. The third-order valence-electron chi connectivity index (χ3n) is 5.04. The maximum atomic E-state index is 12.4. The molecule has 1 aromatic carbocycles. The van der Waals surface area contributed by atoms with Crippen LogP contribution in [0.1, 0.15) is 36.8 Å². The Kier molecular flexibility index (Phi) is 5.02. The summed E-state index contributed by atoms with van der Waals surface area (Å²) >= 11 is 0. The predicted octanol–water partition coefficient (Wildman–Crippen LogP) is 2.97. The highest BCUT2D eigenvalue weighted by Gasteiger charge is 2.46. The van der Waals surface area contributed by atoms with Crippen molar-refractivity contribution in [1.82, 2.24) is 4.90 Å². The Morgan fingerprint density at radius 1 is 1.12 bits per heavy atom. The molecule has 1 N–H and O–H groups in total. The minimum absolute atomic E-state index is 0.0749. The highest BCUT2D eigenvalue weighted by molar-refractivity contribution is 6.05. The quantitative estimate of drug-likeness (QED) is 0.662. The van der Waals surface area contributed by atoms with Crippen molar-refractivity contribution in [3.8, 4) is 0 Å². The molecule has 132 valence electrons. The second-order valence-electron chi connectivity index (χ2n) is 6.95. The Morgan fingerprint density at radius 2 is 1.76 bits per heavy atom. The number of hydrogen-bond acceptors (Lipinski definition) is 3. The number of amides is 3. The highest BCUT2D eigenvalue weighted by Crippen LogP contribution is 2.35. The molecule has 1 fully saturated rings. The number of imide groups is 1. The number of anilines is 1. The van der Waals surface area contributed by atoms with Gasteiger partial charge in [0.05, 0.1) is 11.8 Å². The third kappa shape index (κ3) is 3.65. The van der Waals surface area contributed by atoms with Crippen LogP contribution in [0.2, 0.25) is 0 Å². The largest absolute Gasteiger partial charge is 0.326 e. The Hall–Kier alpha value is -2.43. The van der Waals surface area contributed by atoms with Gasteiger partial charge in [-0.05, 0) is 44.7 Å². The van der Waals surface area contributed by atoms with Crippen molar-refractivity contribution in [2.45, 2.75) is 39.5 Å². The third-order valence-corrected chi connectivity index (χ3v) is 5.04. The van der Waals surface area contributed by atoms with Gasteiger partial charge in [0.25, 0.3) is 0 Å². The summed E-state index contributed by atoms with van der Waals surface area (Å²) in [7, 11) is 0. The number of aryl methyl sites for hydroxylation is 2. The molecular weight excluding hydrogens is 316 g/mol. The van der Waals surface area contributed by atoms with Crippen LogP contribution in [0.25, 0.3) is 0 Å². The fourth-order valence-corrected chi connectivity index (χ4v) is 3.65. The Balaban J connectivity index is 1.50. The van der Waals surface area contributed by atoms with Crippen molar-refractivity contribution in [3.05, 3.63) is 41.5 Å². The number of nitrogens with one attached hydrogen (secondary N) is 1. The summed E-state index contributed by atoms with van der Waals surface area (Å²) in [6.07, 6.45) is 6.04. The molecule has 2 aliphatic rings. The molecule has 0 radical (unpaired) electrons. The molecule has 2 atom stereocenters. The van der Waals surface area contributed by atoms with Gasteiger partial charge in [-0.3, -0.25) is 19.3 Å². The highest BCUT2D eigenvalue weighted by atomic mass is 16.2. The van der Waals surface area contributed by atoms with Crippen LogP contribution in [0.5, 0.6) is 0 Å². The first-order valence-electron chi connectivity index (χ1n) is 8.84. The number of allylic oxidation sites excluding steroid dienone is 2. The second-order valence-corrected chi connectivity index (χ2v) is 6.95. The number of benzene rings is 1. The first-order chi connectivity index (χ1) is 12.0. The van der Waals surface area contributed by atoms with E-state index in [2.05, 4.69) is 5.32 Å². The van der Waals surface area contributed by atoms with Crippen LogP contribution in [-0.4, -0.2) is 29.2 Å². The standard InChI is InChI=1S/C20H24N2O3/c1-13-9-10-17(14(2)12-13)21-18(23)8-5-11-22-19(24)15-6-3-4-7-16(15)20(22)25/h3-4,9-10,12,15-16H,5-8,11H2,1-2H3,(H,21,23)/t15-,16-/m1/s1. The van der Waals surface area contributed by atoms with Gasteiger partial charge in [0.1, 0.15) is 0 Å². The first-order valence-corrected chi connectivity index (χ1v) is 8.84. The summed E-state index contributed by atoms with van der Waals surface area (Å²) in [5.41, 5.74) is 2.98. The summed E-state index contributed by atoms with van der Waals surface area (Å²) in [6.45, 7) is 4.29. The maximum absolute atomic E-state index is 12.4. The van der Waals surface area contributed by atoms with E-state index in [1.54, 1.807) is 0 Å². The lowest BCUT2D eigenvalue weighted by Gasteiger charge is -2.14. The Labute approximate surface area is 148 Å². The van der Waals surface area contributed by atoms with Gasteiger partial charge < -0.3 is 5.32 Å². The van der Waals surface area contributed by atoms with Gasteiger partial charge in [-0.15, -0.1) is 0 Å². The van der Waals surface area contributed by atoms with Gasteiger partial charge in [-0.25, -0.2) is 0 Å². The number of hydrogen-bond donors (Lipinski definition) is 1. The van der Waals surface area contributed by atoms with Crippen LogP contribution in [0, 0.1) is 25.7 Å². The summed E-state index contributed by atoms with van der Waals surface area (Å²) in [4.78, 5) is 38.2. The molecule has 25 heavy (non-hydrogen) atoms. The number of fused-ring (bicyclic) bond motifs is 1. The van der Waals surface area contributed by atoms with Crippen molar-refractivity contribution >= 4 is 23.4 Å². The van der Waals surface area contributed by atoms with E-state index in [0.29, 0.717) is 25.8 Å². The molecular formula is C20H24N2O3. The van der Waals surface area contributed by atoms with Crippen molar-refractivity contribution in [2.24, 2.45) is 11.8 Å². The van der Waals surface area contributed by atoms with Crippen molar-refractivity contribution in [1.29, 1.82) is 0 Å². The second kappa shape index (κ2) is 7.21. The first kappa shape index (κ1) is 17.4. The van der Waals surface area contributed by atoms with Gasteiger partial charge in [-0.2, -0.15) is 0 Å². The van der Waals surface area contributed by atoms with Crippen molar-refractivity contribution < 1.29 is 14.4 Å². The van der Waals surface area contributed by atoms with Crippen LogP contribution in [0.15, 0.2) is 30.4 Å². The molecule has 0 unspecified atom stereocenters. The number of rotatable bonds is 5. The van der Waals surface area contributed by atoms with Gasteiger partial charge in [0.15, 0.2) is 0 Å². The van der Waals surface area contributed by atoms with Crippen molar-refractivity contribution in [2.75, 3.05) is 11.9 Å². The van der Waals surface area contributed by atoms with Crippen LogP contribution < -0.4 is 5.32 Å². The summed E-state index contributed by atoms with van der Waals surface area (Å²) < 4.78 is 0. The zero-order valence-electron chi connectivity index (χ0n) is 14.7. The molecule has 0 spiro atoms. The number of carbonyl (C=O) groups excluding carboxylic acids is 3. The summed E-state index contributed by atoms with van der Waals surface area (Å²) in [5, 5.41) is 2.90. The summed E-state index contributed by atoms with van der Waals surface area (Å²) in [6, 6.07) is 5.88. The van der Waals surface area contributed by atoms with E-state index in [9.17, 15) is 14.4 Å². The molecule has 1 saturated heterocycles. The fraction of sp³-hybridized carbons (Fsp3) is 0.450. The van der Waals surface area contributed by atoms with E-state index in [1.807, 2.05) is 44.2 Å². The lowest BCUT2D eigenvalue weighted by Crippen LogP contribution is -2.32. The molecule has 3 rings (SSSR count). The van der Waals surface area contributed by atoms with E-state index >= 15 is 0 Å². The normalized spacial score (nSPS) is 22.2. The van der Waals surface area contributed by atoms with E-state index < -0.39 is 0 Å². The number of carbonyl (C=O) groups is 3.